The number of hydrogen-bond acceptors (Lipinski definition) is 6. The van der Waals surface area contributed by atoms with Crippen LogP contribution < -0.4 is 5.73 Å². The maximum absolute atomic E-state index is 10.5. The third-order valence-corrected chi connectivity index (χ3v) is 3.42. The molecule has 1 aromatic heterocycles. The highest BCUT2D eigenvalue weighted by molar-refractivity contribution is 7.88. The van der Waals surface area contributed by atoms with Crippen LogP contribution in [0.25, 0.3) is 0 Å². The minimum Gasteiger partial charge on any atom is -0.385 e. The fourth-order valence-corrected chi connectivity index (χ4v) is 2.22. The fraction of sp³-hybridized carbons (Fsp3) is 0. The van der Waals surface area contributed by atoms with Crippen molar-refractivity contribution in [1.29, 1.82) is 0 Å². The highest BCUT2D eigenvalue weighted by Crippen LogP contribution is 2.33. The molecule has 0 fully saturated rings. The summed E-state index contributed by atoms with van der Waals surface area (Å²) in [6.45, 7) is 0. The third-order valence-electron chi connectivity index (χ3n) is 1.17. The maximum atomic E-state index is 10.5. The van der Waals surface area contributed by atoms with Gasteiger partial charge in [0.05, 0.1) is 11.0 Å². The van der Waals surface area contributed by atoms with Crippen LogP contribution in [0.15, 0.2) is 10.3 Å². The monoisotopic (exact) mass is 224 g/mol. The van der Waals surface area contributed by atoms with Gasteiger partial charge in [0.15, 0.2) is 9.21 Å². The van der Waals surface area contributed by atoms with Gasteiger partial charge < -0.3 is 5.73 Å². The van der Waals surface area contributed by atoms with Gasteiger partial charge in [-0.3, -0.25) is 14.7 Å². The Morgan fingerprint density at radius 1 is 1.62 bits per heavy atom. The molecule has 0 amide bonds. The van der Waals surface area contributed by atoms with E-state index in [0.29, 0.717) is 11.3 Å². The van der Waals surface area contributed by atoms with E-state index in [4.69, 9.17) is 10.3 Å². The Morgan fingerprint density at radius 3 is 2.38 bits per heavy atom. The molecule has 13 heavy (non-hydrogen) atoms. The summed E-state index contributed by atoms with van der Waals surface area (Å²) < 4.78 is 29.0. The van der Waals surface area contributed by atoms with E-state index in [1.54, 1.807) is 0 Å². The van der Waals surface area contributed by atoms with Gasteiger partial charge in [0.2, 0.25) is 0 Å². The van der Waals surface area contributed by atoms with Crippen LogP contribution in [-0.4, -0.2) is 17.9 Å². The Bertz CT molecular complexity index is 447. The Balaban J connectivity index is 3.33. The molecule has 0 radical (unpaired) electrons. The summed E-state index contributed by atoms with van der Waals surface area (Å²) in [5, 5.41) is 9.97. The van der Waals surface area contributed by atoms with Gasteiger partial charge in [-0.25, -0.2) is 0 Å². The summed E-state index contributed by atoms with van der Waals surface area (Å²) >= 11 is 0.448. The van der Waals surface area contributed by atoms with Crippen molar-refractivity contribution in [3.63, 3.8) is 0 Å². The smallest absolute Gasteiger partial charge is 0.304 e. The van der Waals surface area contributed by atoms with Crippen LogP contribution in [0.4, 0.5) is 10.7 Å². The van der Waals surface area contributed by atoms with Crippen LogP contribution in [0.3, 0.4) is 0 Å². The molecule has 0 aliphatic carbocycles. The molecule has 1 rings (SSSR count). The molecule has 3 N–H and O–H groups in total. The molecule has 0 aliphatic heterocycles. The molecular weight excluding hydrogens is 220 g/mol. The first-order valence-corrected chi connectivity index (χ1v) is 5.09. The highest BCUT2D eigenvalue weighted by atomic mass is 32.3. The number of nitrogens with two attached hydrogens (primary N) is 1. The van der Waals surface area contributed by atoms with Gasteiger partial charge in [-0.1, -0.05) is 11.3 Å². The second-order valence-corrected chi connectivity index (χ2v) is 4.78. The molecular formula is C4H4N2O5S2. The van der Waals surface area contributed by atoms with Crippen LogP contribution in [0, 0.1) is 10.1 Å². The second-order valence-electron chi connectivity index (χ2n) is 2.05. The quantitative estimate of drug-likeness (QED) is 0.428. The Hall–Kier alpha value is -1.19. The standard InChI is InChI=1S/C4H4N2O5S2/c5-4-2(6(7)8)1-3(12-4)13(9,10)11/h1H,5H2,(H,9,10,11). The van der Waals surface area contributed by atoms with Gasteiger partial charge in [0, 0.05) is 0 Å². The predicted octanol–water partition coefficient (Wildman–Crippen LogP) is 0.485. The van der Waals surface area contributed by atoms with E-state index in [2.05, 4.69) is 0 Å². The zero-order valence-corrected chi connectivity index (χ0v) is 7.63. The predicted molar refractivity (Wildman–Crippen MR) is 45.2 cm³/mol. The van der Waals surface area contributed by atoms with Crippen molar-refractivity contribution in [2.24, 2.45) is 0 Å². The van der Waals surface area contributed by atoms with E-state index < -0.39 is 24.9 Å². The highest BCUT2D eigenvalue weighted by Gasteiger charge is 2.22. The molecule has 0 atom stereocenters. The van der Waals surface area contributed by atoms with Crippen molar-refractivity contribution < 1.29 is 17.9 Å². The number of hydrogen-bond donors (Lipinski definition) is 2. The molecule has 1 aromatic rings. The van der Waals surface area contributed by atoms with E-state index in [-0.39, 0.29) is 5.00 Å². The lowest BCUT2D eigenvalue weighted by Gasteiger charge is -1.84. The van der Waals surface area contributed by atoms with Crippen LogP contribution in [0.1, 0.15) is 0 Å². The molecule has 0 unspecified atom stereocenters. The number of nitrogen functional groups attached to an aromatic ring is 1. The van der Waals surface area contributed by atoms with Crippen LogP contribution in [0.2, 0.25) is 0 Å². The first-order valence-electron chi connectivity index (χ1n) is 2.83. The zero-order valence-electron chi connectivity index (χ0n) is 6.00. The third kappa shape index (κ3) is 1.94. The first kappa shape index (κ1) is 9.89. The zero-order chi connectivity index (χ0) is 10.2. The summed E-state index contributed by atoms with van der Waals surface area (Å²) in [5.41, 5.74) is 4.62. The topological polar surface area (TPSA) is 124 Å². The lowest BCUT2D eigenvalue weighted by atomic mass is 10.5. The van der Waals surface area contributed by atoms with Gasteiger partial charge in [-0.2, -0.15) is 8.42 Å². The second kappa shape index (κ2) is 2.94. The number of nitrogens with zero attached hydrogens (tertiary/aromatic N) is 1. The van der Waals surface area contributed by atoms with Gasteiger partial charge in [0.25, 0.3) is 0 Å². The number of rotatable bonds is 2. The van der Waals surface area contributed by atoms with Gasteiger partial charge >= 0.3 is 15.8 Å². The normalized spacial score (nSPS) is 11.5. The van der Waals surface area contributed by atoms with E-state index in [1.807, 2.05) is 0 Å². The largest absolute Gasteiger partial charge is 0.385 e. The molecule has 0 spiro atoms. The maximum Gasteiger partial charge on any atom is 0.304 e. The van der Waals surface area contributed by atoms with E-state index in [1.165, 1.54) is 0 Å². The SMILES string of the molecule is Nc1sc(S(=O)(=O)O)cc1[N+](=O)[O-]. The van der Waals surface area contributed by atoms with Crippen molar-refractivity contribution in [2.45, 2.75) is 4.21 Å². The molecule has 0 saturated carbocycles. The number of nitro groups is 1. The summed E-state index contributed by atoms with van der Waals surface area (Å²) in [6.07, 6.45) is 0. The Morgan fingerprint density at radius 2 is 2.15 bits per heavy atom. The Labute approximate surface area is 76.7 Å². The van der Waals surface area contributed by atoms with Crippen LogP contribution in [-0.2, 0) is 10.1 Å². The van der Waals surface area contributed by atoms with E-state index >= 15 is 0 Å². The fourth-order valence-electron chi connectivity index (χ4n) is 0.643. The van der Waals surface area contributed by atoms with Crippen molar-refractivity contribution in [3.8, 4) is 0 Å². The average Bonchev–Trinajstić information content (AvgIpc) is 2.29. The van der Waals surface area contributed by atoms with Crippen molar-refractivity contribution in [1.82, 2.24) is 0 Å². The van der Waals surface area contributed by atoms with E-state index in [0.717, 1.165) is 6.07 Å². The lowest BCUT2D eigenvalue weighted by Crippen LogP contribution is -1.93. The van der Waals surface area contributed by atoms with Crippen molar-refractivity contribution >= 4 is 32.1 Å². The molecule has 72 valence electrons. The minimum absolute atomic E-state index is 0.252. The Kier molecular flexibility index (Phi) is 2.24. The van der Waals surface area contributed by atoms with Crippen LogP contribution >= 0.6 is 11.3 Å². The molecule has 0 bridgehead atoms. The minimum atomic E-state index is -4.40. The summed E-state index contributed by atoms with van der Waals surface area (Å²) in [7, 11) is -4.40. The van der Waals surface area contributed by atoms with Crippen molar-refractivity contribution in [3.05, 3.63) is 16.2 Å². The lowest BCUT2D eigenvalue weighted by molar-refractivity contribution is -0.383. The molecule has 1 heterocycles. The number of anilines is 1. The molecule has 7 nitrogen and oxygen atoms in total. The molecule has 0 aromatic carbocycles. The molecule has 0 aliphatic rings. The van der Waals surface area contributed by atoms with Gasteiger partial charge in [0.1, 0.15) is 0 Å². The summed E-state index contributed by atoms with van der Waals surface area (Å²) in [6, 6.07) is 0.718. The summed E-state index contributed by atoms with van der Waals surface area (Å²) in [4.78, 5) is 9.40. The van der Waals surface area contributed by atoms with Crippen LogP contribution in [0.5, 0.6) is 0 Å². The van der Waals surface area contributed by atoms with E-state index in [9.17, 15) is 18.5 Å². The van der Waals surface area contributed by atoms with Gasteiger partial charge in [-0.15, -0.1) is 0 Å². The first-order chi connectivity index (χ1) is 5.82. The molecule has 9 heteroatoms. The van der Waals surface area contributed by atoms with Gasteiger partial charge in [-0.05, 0) is 0 Å². The summed E-state index contributed by atoms with van der Waals surface area (Å²) in [5.74, 6) is 0. The van der Waals surface area contributed by atoms with Crippen molar-refractivity contribution in [2.75, 3.05) is 5.73 Å². The molecule has 0 saturated heterocycles. The average molecular weight is 224 g/mol. The number of thiophene rings is 1.